The van der Waals surface area contributed by atoms with Crippen molar-refractivity contribution >= 4 is 17.4 Å². The van der Waals surface area contributed by atoms with Crippen LogP contribution in [-0.4, -0.2) is 28.8 Å². The molecule has 0 saturated carbocycles. The van der Waals surface area contributed by atoms with Gasteiger partial charge in [-0.1, -0.05) is 71.0 Å². The number of benzene rings is 3. The fraction of sp³-hybridized carbons (Fsp3) is 0.312. The zero-order valence-electron chi connectivity index (χ0n) is 22.7. The number of ketones is 1. The molecule has 1 saturated heterocycles. The molecule has 3 aromatic carbocycles. The van der Waals surface area contributed by atoms with Crippen LogP contribution >= 0.6 is 0 Å². The topological polar surface area (TPSA) is 66.8 Å². The van der Waals surface area contributed by atoms with Gasteiger partial charge in [0, 0.05) is 12.1 Å². The largest absolute Gasteiger partial charge is 0.507 e. The standard InChI is InChI=1S/C32H34FNO4/c1-19(2)25-17-22(11-16-26(25)38-6)29(35)27-28(21-9-12-23(13-10-21)32(3,4)5)34(31(37)30(27)36)18-20-7-14-24(33)15-8-20/h7-17,19,28,35H,18H2,1-6H3/b29-27-. The molecule has 1 heterocycles. The van der Waals surface area contributed by atoms with E-state index in [1.807, 2.05) is 38.1 Å². The quantitative estimate of drug-likeness (QED) is 0.221. The van der Waals surface area contributed by atoms with Crippen molar-refractivity contribution in [2.24, 2.45) is 0 Å². The number of amides is 1. The van der Waals surface area contributed by atoms with E-state index in [9.17, 15) is 19.1 Å². The summed E-state index contributed by atoms with van der Waals surface area (Å²) < 4.78 is 19.0. The van der Waals surface area contributed by atoms with Crippen LogP contribution in [0.2, 0.25) is 0 Å². The van der Waals surface area contributed by atoms with Crippen molar-refractivity contribution in [3.05, 3.63) is 106 Å². The van der Waals surface area contributed by atoms with Crippen molar-refractivity contribution in [2.75, 3.05) is 7.11 Å². The van der Waals surface area contributed by atoms with Crippen LogP contribution in [0.4, 0.5) is 4.39 Å². The highest BCUT2D eigenvalue weighted by atomic mass is 19.1. The summed E-state index contributed by atoms with van der Waals surface area (Å²) in [6.07, 6.45) is 0. The third-order valence-electron chi connectivity index (χ3n) is 7.02. The Morgan fingerprint density at radius 3 is 2.18 bits per heavy atom. The summed E-state index contributed by atoms with van der Waals surface area (Å²) in [5, 5.41) is 11.5. The molecule has 5 nitrogen and oxygen atoms in total. The van der Waals surface area contributed by atoms with Crippen LogP contribution in [-0.2, 0) is 21.5 Å². The predicted octanol–water partition coefficient (Wildman–Crippen LogP) is 6.88. The number of carbonyl (C=O) groups excluding carboxylic acids is 2. The van der Waals surface area contributed by atoms with Crippen molar-refractivity contribution in [2.45, 2.75) is 58.5 Å². The van der Waals surface area contributed by atoms with Gasteiger partial charge in [-0.25, -0.2) is 4.39 Å². The molecular weight excluding hydrogens is 481 g/mol. The molecule has 0 spiro atoms. The third-order valence-corrected chi connectivity index (χ3v) is 7.02. The lowest BCUT2D eigenvalue weighted by molar-refractivity contribution is -0.140. The lowest BCUT2D eigenvalue weighted by atomic mass is 9.85. The molecule has 1 unspecified atom stereocenters. The van der Waals surface area contributed by atoms with Crippen molar-refractivity contribution in [3.8, 4) is 5.75 Å². The molecule has 0 radical (unpaired) electrons. The molecule has 1 aliphatic rings. The lowest BCUT2D eigenvalue weighted by Gasteiger charge is -2.27. The maximum atomic E-state index is 13.5. The van der Waals surface area contributed by atoms with Crippen molar-refractivity contribution in [3.63, 3.8) is 0 Å². The Morgan fingerprint density at radius 1 is 1.00 bits per heavy atom. The molecule has 38 heavy (non-hydrogen) atoms. The Hall–Kier alpha value is -3.93. The van der Waals surface area contributed by atoms with Crippen LogP contribution in [0.3, 0.4) is 0 Å². The van der Waals surface area contributed by atoms with Crippen LogP contribution in [0.1, 0.15) is 74.4 Å². The van der Waals surface area contributed by atoms with E-state index >= 15 is 0 Å². The number of carbonyl (C=O) groups is 2. The average Bonchev–Trinajstić information content (AvgIpc) is 3.13. The molecule has 1 atom stereocenters. The second-order valence-electron chi connectivity index (χ2n) is 11.0. The molecule has 6 heteroatoms. The monoisotopic (exact) mass is 515 g/mol. The molecule has 1 amide bonds. The number of hydrogen-bond acceptors (Lipinski definition) is 4. The molecule has 1 N–H and O–H groups in total. The maximum Gasteiger partial charge on any atom is 0.295 e. The van der Waals surface area contributed by atoms with Crippen LogP contribution in [0, 0.1) is 5.82 Å². The number of ether oxygens (including phenoxy) is 1. The van der Waals surface area contributed by atoms with E-state index in [1.54, 1.807) is 37.4 Å². The van der Waals surface area contributed by atoms with Gasteiger partial charge >= 0.3 is 0 Å². The Bertz CT molecular complexity index is 1380. The van der Waals surface area contributed by atoms with Gasteiger partial charge in [-0.3, -0.25) is 9.59 Å². The zero-order valence-corrected chi connectivity index (χ0v) is 22.7. The second-order valence-corrected chi connectivity index (χ2v) is 11.0. The molecular formula is C32H34FNO4. The minimum absolute atomic E-state index is 0.0282. The zero-order chi connectivity index (χ0) is 27.8. The molecule has 0 aliphatic carbocycles. The maximum absolute atomic E-state index is 13.5. The van der Waals surface area contributed by atoms with E-state index in [-0.39, 0.29) is 35.0 Å². The highest BCUT2D eigenvalue weighted by Crippen LogP contribution is 2.41. The van der Waals surface area contributed by atoms with Crippen LogP contribution in [0.5, 0.6) is 5.75 Å². The first kappa shape index (κ1) is 27.1. The SMILES string of the molecule is COc1ccc(/C(O)=C2/C(=O)C(=O)N(Cc3ccc(F)cc3)C2c2ccc(C(C)(C)C)cc2)cc1C(C)C. The van der Waals surface area contributed by atoms with Gasteiger partial charge < -0.3 is 14.7 Å². The van der Waals surface area contributed by atoms with Crippen LogP contribution < -0.4 is 4.74 Å². The number of Topliss-reactive ketones (excluding diaryl/α,β-unsaturated/α-hetero) is 1. The van der Waals surface area contributed by atoms with E-state index < -0.39 is 17.7 Å². The fourth-order valence-corrected chi connectivity index (χ4v) is 4.83. The first-order valence-corrected chi connectivity index (χ1v) is 12.7. The number of halogens is 1. The second kappa shape index (κ2) is 10.4. The lowest BCUT2D eigenvalue weighted by Crippen LogP contribution is -2.29. The van der Waals surface area contributed by atoms with Crippen molar-refractivity contribution < 1.29 is 23.8 Å². The van der Waals surface area contributed by atoms with Gasteiger partial charge in [-0.15, -0.1) is 0 Å². The van der Waals surface area contributed by atoms with E-state index in [4.69, 9.17) is 4.74 Å². The summed E-state index contributed by atoms with van der Waals surface area (Å²) in [6, 6.07) is 18.0. The summed E-state index contributed by atoms with van der Waals surface area (Å²) in [5.74, 6) is -1.29. The number of aliphatic hydroxyl groups excluding tert-OH is 1. The first-order valence-electron chi connectivity index (χ1n) is 12.7. The highest BCUT2D eigenvalue weighted by Gasteiger charge is 2.46. The summed E-state index contributed by atoms with van der Waals surface area (Å²) in [5.41, 5.74) is 3.75. The average molecular weight is 516 g/mol. The van der Waals surface area contributed by atoms with Gasteiger partial charge in [-0.05, 0) is 63.9 Å². The summed E-state index contributed by atoms with van der Waals surface area (Å²) >= 11 is 0. The van der Waals surface area contributed by atoms with Crippen molar-refractivity contribution in [1.82, 2.24) is 4.90 Å². The van der Waals surface area contributed by atoms with E-state index in [0.717, 1.165) is 11.1 Å². The van der Waals surface area contributed by atoms with Gasteiger partial charge in [0.2, 0.25) is 0 Å². The Balaban J connectivity index is 1.88. The van der Waals surface area contributed by atoms with Crippen molar-refractivity contribution in [1.29, 1.82) is 0 Å². The van der Waals surface area contributed by atoms with E-state index in [1.165, 1.54) is 17.0 Å². The normalized spacial score (nSPS) is 17.4. The Kier molecular flexibility index (Phi) is 7.45. The number of methoxy groups -OCH3 is 1. The number of aliphatic hydroxyl groups is 1. The molecule has 3 aromatic rings. The number of hydrogen-bond donors (Lipinski definition) is 1. The number of likely N-dealkylation sites (tertiary alicyclic amines) is 1. The Morgan fingerprint density at radius 2 is 1.63 bits per heavy atom. The molecule has 4 rings (SSSR count). The van der Waals surface area contributed by atoms with Crippen LogP contribution in [0.15, 0.2) is 72.3 Å². The van der Waals surface area contributed by atoms with Gasteiger partial charge in [0.15, 0.2) is 0 Å². The molecule has 1 fully saturated rings. The summed E-state index contributed by atoms with van der Waals surface area (Å²) in [7, 11) is 1.59. The van der Waals surface area contributed by atoms with E-state index in [0.29, 0.717) is 22.4 Å². The summed E-state index contributed by atoms with van der Waals surface area (Å²) in [4.78, 5) is 28.2. The molecule has 1 aliphatic heterocycles. The molecule has 0 bridgehead atoms. The van der Waals surface area contributed by atoms with Gasteiger partial charge in [0.05, 0.1) is 18.7 Å². The number of rotatable bonds is 6. The molecule has 0 aromatic heterocycles. The minimum Gasteiger partial charge on any atom is -0.507 e. The first-order chi connectivity index (χ1) is 17.9. The fourth-order valence-electron chi connectivity index (χ4n) is 4.83. The van der Waals surface area contributed by atoms with E-state index in [2.05, 4.69) is 20.8 Å². The number of nitrogens with zero attached hydrogens (tertiary/aromatic N) is 1. The summed E-state index contributed by atoms with van der Waals surface area (Å²) in [6.45, 7) is 10.4. The predicted molar refractivity (Wildman–Crippen MR) is 146 cm³/mol. The van der Waals surface area contributed by atoms with Gasteiger partial charge in [0.25, 0.3) is 11.7 Å². The van der Waals surface area contributed by atoms with Crippen LogP contribution in [0.25, 0.3) is 5.76 Å². The Labute approximate surface area is 223 Å². The van der Waals surface area contributed by atoms with Gasteiger partial charge in [-0.2, -0.15) is 0 Å². The molecule has 198 valence electrons. The highest BCUT2D eigenvalue weighted by molar-refractivity contribution is 6.46. The minimum atomic E-state index is -0.807. The van der Waals surface area contributed by atoms with Gasteiger partial charge in [0.1, 0.15) is 17.3 Å². The smallest absolute Gasteiger partial charge is 0.295 e. The third kappa shape index (κ3) is 5.21.